The van der Waals surface area contributed by atoms with E-state index < -0.39 is 6.10 Å². The number of rotatable bonds is 7. The number of hydrogen-bond acceptors (Lipinski definition) is 3. The minimum atomic E-state index is -0.404. The van der Waals surface area contributed by atoms with Gasteiger partial charge in [0.25, 0.3) is 0 Å². The molecular weight excluding hydrogens is 353 g/mol. The lowest BCUT2D eigenvalue weighted by Gasteiger charge is -2.16. The lowest BCUT2D eigenvalue weighted by molar-refractivity contribution is 0.190. The Morgan fingerprint density at radius 1 is 1.04 bits per heavy atom. The first-order chi connectivity index (χ1) is 12.1. The minimum Gasteiger partial charge on any atom is -0.489 e. The standard InChI is InChI=1S/C21H22FNO2.ClH/c1-15(24)12-23-13-20-19-5-3-2-4-17(19)8-11-21(20)25-14-16-6-9-18(22)10-7-16;/h2-11,15,23-24H,12-14H2,1H3;1H. The molecule has 3 nitrogen and oxygen atoms in total. The quantitative estimate of drug-likeness (QED) is 0.641. The van der Waals surface area contributed by atoms with Crippen molar-refractivity contribution < 1.29 is 14.2 Å². The van der Waals surface area contributed by atoms with Crippen molar-refractivity contribution in [2.75, 3.05) is 6.54 Å². The molecule has 5 heteroatoms. The highest BCUT2D eigenvalue weighted by Gasteiger charge is 2.09. The van der Waals surface area contributed by atoms with Crippen LogP contribution in [-0.2, 0) is 13.2 Å². The van der Waals surface area contributed by atoms with Crippen molar-refractivity contribution in [3.05, 3.63) is 77.6 Å². The molecule has 0 aliphatic heterocycles. The van der Waals surface area contributed by atoms with E-state index in [0.717, 1.165) is 27.6 Å². The average molecular weight is 376 g/mol. The van der Waals surface area contributed by atoms with E-state index in [4.69, 9.17) is 4.74 Å². The highest BCUT2D eigenvalue weighted by atomic mass is 35.5. The number of fused-ring (bicyclic) bond motifs is 1. The molecule has 3 rings (SSSR count). The Labute approximate surface area is 159 Å². The number of ether oxygens (including phenoxy) is 1. The topological polar surface area (TPSA) is 41.5 Å². The predicted octanol–water partition coefficient (Wildman–Crippen LogP) is 4.45. The maximum Gasteiger partial charge on any atom is 0.124 e. The number of aliphatic hydroxyl groups is 1. The van der Waals surface area contributed by atoms with E-state index >= 15 is 0 Å². The fourth-order valence-electron chi connectivity index (χ4n) is 2.78. The molecule has 0 aromatic heterocycles. The zero-order chi connectivity index (χ0) is 17.6. The maximum atomic E-state index is 13.0. The van der Waals surface area contributed by atoms with Gasteiger partial charge in [-0.15, -0.1) is 12.4 Å². The van der Waals surface area contributed by atoms with E-state index in [1.807, 2.05) is 24.3 Å². The van der Waals surface area contributed by atoms with Gasteiger partial charge in [-0.05, 0) is 41.5 Å². The van der Waals surface area contributed by atoms with Crippen LogP contribution >= 0.6 is 12.4 Å². The van der Waals surface area contributed by atoms with Crippen molar-refractivity contribution in [2.45, 2.75) is 26.2 Å². The van der Waals surface area contributed by atoms with Gasteiger partial charge in [0, 0.05) is 18.7 Å². The summed E-state index contributed by atoms with van der Waals surface area (Å²) < 4.78 is 19.0. The molecule has 0 amide bonds. The Bertz CT molecular complexity index is 837. The van der Waals surface area contributed by atoms with E-state index in [9.17, 15) is 9.50 Å². The molecule has 0 spiro atoms. The molecule has 26 heavy (non-hydrogen) atoms. The summed E-state index contributed by atoms with van der Waals surface area (Å²) >= 11 is 0. The van der Waals surface area contributed by atoms with Crippen LogP contribution in [0.3, 0.4) is 0 Å². The van der Waals surface area contributed by atoms with Crippen LogP contribution in [0.5, 0.6) is 5.75 Å². The van der Waals surface area contributed by atoms with Crippen LogP contribution in [0.1, 0.15) is 18.1 Å². The van der Waals surface area contributed by atoms with Crippen molar-refractivity contribution in [3.63, 3.8) is 0 Å². The molecule has 0 aliphatic rings. The van der Waals surface area contributed by atoms with E-state index in [2.05, 4.69) is 17.4 Å². The number of aliphatic hydroxyl groups excluding tert-OH is 1. The molecule has 3 aromatic rings. The van der Waals surface area contributed by atoms with Gasteiger partial charge in [-0.3, -0.25) is 0 Å². The Morgan fingerprint density at radius 3 is 2.50 bits per heavy atom. The van der Waals surface area contributed by atoms with Gasteiger partial charge in [0.05, 0.1) is 6.10 Å². The van der Waals surface area contributed by atoms with Gasteiger partial charge in [0.15, 0.2) is 0 Å². The predicted molar refractivity (Wildman–Crippen MR) is 105 cm³/mol. The second-order valence-corrected chi connectivity index (χ2v) is 6.16. The molecule has 2 N–H and O–H groups in total. The minimum absolute atomic E-state index is 0. The Kier molecular flexibility index (Phi) is 7.39. The molecule has 0 radical (unpaired) electrons. The van der Waals surface area contributed by atoms with Crippen LogP contribution in [0.15, 0.2) is 60.7 Å². The molecule has 0 saturated carbocycles. The lowest BCUT2D eigenvalue weighted by Crippen LogP contribution is -2.24. The second kappa shape index (κ2) is 9.53. The van der Waals surface area contributed by atoms with Crippen LogP contribution in [0.4, 0.5) is 4.39 Å². The molecule has 0 fully saturated rings. The highest BCUT2D eigenvalue weighted by molar-refractivity contribution is 5.87. The summed E-state index contributed by atoms with van der Waals surface area (Å²) in [6.45, 7) is 3.25. The summed E-state index contributed by atoms with van der Waals surface area (Å²) in [6, 6.07) is 18.5. The van der Waals surface area contributed by atoms with E-state index in [-0.39, 0.29) is 18.2 Å². The zero-order valence-corrected chi connectivity index (χ0v) is 15.4. The van der Waals surface area contributed by atoms with Crippen molar-refractivity contribution in [3.8, 4) is 5.75 Å². The third-order valence-electron chi connectivity index (χ3n) is 4.05. The summed E-state index contributed by atoms with van der Waals surface area (Å²) in [5.41, 5.74) is 1.97. The van der Waals surface area contributed by atoms with Crippen molar-refractivity contribution in [1.29, 1.82) is 0 Å². The van der Waals surface area contributed by atoms with Gasteiger partial charge in [-0.1, -0.05) is 42.5 Å². The van der Waals surface area contributed by atoms with Crippen molar-refractivity contribution >= 4 is 23.2 Å². The van der Waals surface area contributed by atoms with Gasteiger partial charge >= 0.3 is 0 Å². The van der Waals surface area contributed by atoms with Crippen LogP contribution in [0.25, 0.3) is 10.8 Å². The summed E-state index contributed by atoms with van der Waals surface area (Å²) in [6.07, 6.45) is -0.404. The lowest BCUT2D eigenvalue weighted by atomic mass is 10.0. The van der Waals surface area contributed by atoms with Gasteiger partial charge in [0.2, 0.25) is 0 Å². The number of nitrogens with one attached hydrogen (secondary N) is 1. The van der Waals surface area contributed by atoms with Crippen LogP contribution < -0.4 is 10.1 Å². The molecule has 0 saturated heterocycles. The molecule has 0 heterocycles. The fraction of sp³-hybridized carbons (Fsp3) is 0.238. The largest absolute Gasteiger partial charge is 0.489 e. The SMILES string of the molecule is CC(O)CNCc1c(OCc2ccc(F)cc2)ccc2ccccc12.Cl. The third-order valence-corrected chi connectivity index (χ3v) is 4.05. The summed E-state index contributed by atoms with van der Waals surface area (Å²) in [5.74, 6) is 0.540. The normalized spacial score (nSPS) is 11.8. The second-order valence-electron chi connectivity index (χ2n) is 6.16. The van der Waals surface area contributed by atoms with Crippen LogP contribution in [0, 0.1) is 5.82 Å². The first kappa shape index (κ1) is 20.2. The van der Waals surface area contributed by atoms with Crippen molar-refractivity contribution in [1.82, 2.24) is 5.32 Å². The van der Waals surface area contributed by atoms with Gasteiger partial charge in [-0.2, -0.15) is 0 Å². The van der Waals surface area contributed by atoms with Crippen molar-refractivity contribution in [2.24, 2.45) is 0 Å². The van der Waals surface area contributed by atoms with Crippen LogP contribution in [-0.4, -0.2) is 17.8 Å². The Morgan fingerprint density at radius 2 is 1.77 bits per heavy atom. The van der Waals surface area contributed by atoms with E-state index in [1.165, 1.54) is 12.1 Å². The number of benzene rings is 3. The smallest absolute Gasteiger partial charge is 0.124 e. The highest BCUT2D eigenvalue weighted by Crippen LogP contribution is 2.28. The Hall–Kier alpha value is -2.14. The molecular formula is C21H23ClFNO2. The molecule has 3 aromatic carbocycles. The molecule has 1 unspecified atom stereocenters. The molecule has 138 valence electrons. The zero-order valence-electron chi connectivity index (χ0n) is 14.6. The van der Waals surface area contributed by atoms with E-state index in [0.29, 0.717) is 19.7 Å². The first-order valence-electron chi connectivity index (χ1n) is 8.40. The number of halogens is 2. The summed E-state index contributed by atoms with van der Waals surface area (Å²) in [7, 11) is 0. The number of hydrogen-bond donors (Lipinski definition) is 2. The molecule has 1 atom stereocenters. The fourth-order valence-corrected chi connectivity index (χ4v) is 2.78. The van der Waals surface area contributed by atoms with E-state index in [1.54, 1.807) is 19.1 Å². The first-order valence-corrected chi connectivity index (χ1v) is 8.40. The van der Waals surface area contributed by atoms with Gasteiger partial charge in [0.1, 0.15) is 18.2 Å². The van der Waals surface area contributed by atoms with Gasteiger partial charge < -0.3 is 15.2 Å². The van der Waals surface area contributed by atoms with Gasteiger partial charge in [-0.25, -0.2) is 4.39 Å². The molecule has 0 bridgehead atoms. The Balaban J connectivity index is 0.00000243. The summed E-state index contributed by atoms with van der Waals surface area (Å²) in [4.78, 5) is 0. The monoisotopic (exact) mass is 375 g/mol. The maximum absolute atomic E-state index is 13.0. The molecule has 0 aliphatic carbocycles. The summed E-state index contributed by atoms with van der Waals surface area (Å²) in [5, 5.41) is 15.0. The average Bonchev–Trinajstić information content (AvgIpc) is 2.62. The van der Waals surface area contributed by atoms with Crippen LogP contribution in [0.2, 0.25) is 0 Å². The third kappa shape index (κ3) is 5.18.